The van der Waals surface area contributed by atoms with Crippen LogP contribution in [-0.4, -0.2) is 24.4 Å². The number of carbonyl (C=O) groups excluding carboxylic acids is 2. The van der Waals surface area contributed by atoms with Crippen LogP contribution in [0.2, 0.25) is 0 Å². The van der Waals surface area contributed by atoms with Crippen molar-refractivity contribution >= 4 is 17.5 Å². The van der Waals surface area contributed by atoms with Crippen molar-refractivity contribution in [3.8, 4) is 0 Å². The normalized spacial score (nSPS) is 18.6. The fourth-order valence-electron chi connectivity index (χ4n) is 3.62. The monoisotopic (exact) mass is 314 g/mol. The predicted molar refractivity (Wildman–Crippen MR) is 91.3 cm³/mol. The van der Waals surface area contributed by atoms with Crippen molar-refractivity contribution in [3.63, 3.8) is 0 Å². The molecule has 0 atom stereocenters. The van der Waals surface area contributed by atoms with Gasteiger partial charge in [0.1, 0.15) is 5.41 Å². The van der Waals surface area contributed by atoms with Gasteiger partial charge in [-0.1, -0.05) is 31.0 Å². The first kappa shape index (κ1) is 16.0. The molecule has 2 amide bonds. The third kappa shape index (κ3) is 3.12. The molecule has 0 unspecified atom stereocenters. The molecule has 124 valence electrons. The molecule has 0 radical (unpaired) electrons. The minimum absolute atomic E-state index is 0.0971. The summed E-state index contributed by atoms with van der Waals surface area (Å²) >= 11 is 0. The van der Waals surface area contributed by atoms with Crippen LogP contribution >= 0.6 is 0 Å². The second kappa shape index (κ2) is 6.34. The maximum absolute atomic E-state index is 13.1. The van der Waals surface area contributed by atoms with Crippen molar-refractivity contribution in [1.29, 1.82) is 0 Å². The lowest BCUT2D eigenvalue weighted by Gasteiger charge is -2.35. The molecule has 1 fully saturated rings. The van der Waals surface area contributed by atoms with Gasteiger partial charge in [-0.15, -0.1) is 0 Å². The Bertz CT molecular complexity index is 603. The first-order valence-electron chi connectivity index (χ1n) is 8.71. The summed E-state index contributed by atoms with van der Waals surface area (Å²) in [4.78, 5) is 27.5. The Labute approximate surface area is 138 Å². The van der Waals surface area contributed by atoms with Crippen LogP contribution < -0.4 is 10.2 Å². The first-order chi connectivity index (χ1) is 11.0. The number of hydrogen-bond donors (Lipinski definition) is 1. The first-order valence-corrected chi connectivity index (χ1v) is 8.71. The van der Waals surface area contributed by atoms with Crippen LogP contribution in [0, 0.1) is 5.41 Å². The second-order valence-electron chi connectivity index (χ2n) is 7.27. The molecule has 1 heterocycles. The van der Waals surface area contributed by atoms with Crippen molar-refractivity contribution in [2.24, 2.45) is 5.41 Å². The Morgan fingerprint density at radius 1 is 1.13 bits per heavy atom. The van der Waals surface area contributed by atoms with E-state index >= 15 is 0 Å². The minimum atomic E-state index is -1.03. The Hall–Kier alpha value is -1.84. The van der Waals surface area contributed by atoms with E-state index in [0.29, 0.717) is 6.54 Å². The SMILES string of the molecule is CC(C)(C(=O)NC1CCCC1)C(=O)N1CCCc2ccccc21. The van der Waals surface area contributed by atoms with Crippen molar-refractivity contribution in [3.05, 3.63) is 29.8 Å². The summed E-state index contributed by atoms with van der Waals surface area (Å²) in [7, 11) is 0. The second-order valence-corrected chi connectivity index (χ2v) is 7.27. The largest absolute Gasteiger partial charge is 0.352 e. The molecule has 4 nitrogen and oxygen atoms in total. The van der Waals surface area contributed by atoms with Crippen molar-refractivity contribution in [1.82, 2.24) is 5.32 Å². The molecule has 1 aromatic rings. The van der Waals surface area contributed by atoms with Crippen LogP contribution in [0.15, 0.2) is 24.3 Å². The van der Waals surface area contributed by atoms with Crippen LogP contribution in [0.1, 0.15) is 51.5 Å². The van der Waals surface area contributed by atoms with Gasteiger partial charge >= 0.3 is 0 Å². The summed E-state index contributed by atoms with van der Waals surface area (Å²) < 4.78 is 0. The van der Waals surface area contributed by atoms with E-state index in [0.717, 1.165) is 31.4 Å². The van der Waals surface area contributed by atoms with Gasteiger partial charge in [0, 0.05) is 18.3 Å². The van der Waals surface area contributed by atoms with Gasteiger partial charge in [-0.05, 0) is 51.2 Å². The van der Waals surface area contributed by atoms with Crippen molar-refractivity contribution < 1.29 is 9.59 Å². The number of benzene rings is 1. The van der Waals surface area contributed by atoms with Crippen molar-refractivity contribution in [2.45, 2.75) is 58.4 Å². The molecular formula is C19H26N2O2. The molecule has 0 spiro atoms. The van der Waals surface area contributed by atoms with Gasteiger partial charge in [0.2, 0.25) is 11.8 Å². The number of fused-ring (bicyclic) bond motifs is 1. The highest BCUT2D eigenvalue weighted by Crippen LogP contribution is 2.31. The summed E-state index contributed by atoms with van der Waals surface area (Å²) in [6.45, 7) is 4.18. The van der Waals surface area contributed by atoms with Gasteiger partial charge < -0.3 is 10.2 Å². The van der Waals surface area contributed by atoms with Gasteiger partial charge in [0.25, 0.3) is 0 Å². The number of nitrogens with zero attached hydrogens (tertiary/aromatic N) is 1. The average Bonchev–Trinajstić information content (AvgIpc) is 3.06. The number of para-hydroxylation sites is 1. The molecule has 2 aliphatic rings. The van der Waals surface area contributed by atoms with Crippen LogP contribution in [0.3, 0.4) is 0 Å². The molecular weight excluding hydrogens is 288 g/mol. The molecule has 1 N–H and O–H groups in total. The highest BCUT2D eigenvalue weighted by Gasteiger charge is 2.41. The van der Waals surface area contributed by atoms with Gasteiger partial charge in [-0.2, -0.15) is 0 Å². The number of amides is 2. The topological polar surface area (TPSA) is 49.4 Å². The number of nitrogens with one attached hydrogen (secondary N) is 1. The molecule has 0 bridgehead atoms. The minimum Gasteiger partial charge on any atom is -0.352 e. The van der Waals surface area contributed by atoms with Crippen LogP contribution in [0.4, 0.5) is 5.69 Å². The number of aryl methyl sites for hydroxylation is 1. The molecule has 0 aromatic heterocycles. The van der Waals surface area contributed by atoms with Crippen LogP contribution in [0.25, 0.3) is 0 Å². The number of anilines is 1. The van der Waals surface area contributed by atoms with E-state index < -0.39 is 5.41 Å². The highest BCUT2D eigenvalue weighted by molar-refractivity contribution is 6.11. The highest BCUT2D eigenvalue weighted by atomic mass is 16.2. The Morgan fingerprint density at radius 3 is 2.57 bits per heavy atom. The molecule has 1 aliphatic heterocycles. The van der Waals surface area contributed by atoms with Gasteiger partial charge in [0.15, 0.2) is 0 Å². The summed E-state index contributed by atoms with van der Waals surface area (Å²) in [6, 6.07) is 8.25. The molecule has 1 aliphatic carbocycles. The van der Waals surface area contributed by atoms with Gasteiger partial charge in [-0.25, -0.2) is 0 Å². The molecule has 4 heteroatoms. The van der Waals surface area contributed by atoms with Gasteiger partial charge in [-0.3, -0.25) is 9.59 Å². The quantitative estimate of drug-likeness (QED) is 0.872. The zero-order valence-electron chi connectivity index (χ0n) is 14.1. The van der Waals surface area contributed by atoms with E-state index in [-0.39, 0.29) is 17.9 Å². The summed E-state index contributed by atoms with van der Waals surface area (Å²) in [5.74, 6) is -0.238. The Morgan fingerprint density at radius 2 is 1.83 bits per heavy atom. The van der Waals surface area contributed by atoms with E-state index in [9.17, 15) is 9.59 Å². The standard InChI is InChI=1S/C19H26N2O2/c1-19(2,17(22)20-15-10-4-5-11-15)18(23)21-13-7-9-14-8-3-6-12-16(14)21/h3,6,8,12,15H,4-5,7,9-11,13H2,1-2H3,(H,20,22). The average molecular weight is 314 g/mol. The number of carbonyl (C=O) groups is 2. The summed E-state index contributed by atoms with van der Waals surface area (Å²) in [5.41, 5.74) is 1.12. The number of hydrogen-bond acceptors (Lipinski definition) is 2. The lowest BCUT2D eigenvalue weighted by Crippen LogP contribution is -2.52. The zero-order chi connectivity index (χ0) is 16.4. The molecule has 23 heavy (non-hydrogen) atoms. The summed E-state index contributed by atoms with van der Waals surface area (Å²) in [6.07, 6.45) is 6.33. The number of rotatable bonds is 3. The fraction of sp³-hybridized carbons (Fsp3) is 0.579. The third-order valence-corrected chi connectivity index (χ3v) is 5.15. The maximum atomic E-state index is 13.1. The van der Waals surface area contributed by atoms with E-state index in [4.69, 9.17) is 0 Å². The lowest BCUT2D eigenvalue weighted by molar-refractivity contribution is -0.140. The van der Waals surface area contributed by atoms with Crippen LogP contribution in [-0.2, 0) is 16.0 Å². The maximum Gasteiger partial charge on any atom is 0.242 e. The summed E-state index contributed by atoms with van der Waals surface area (Å²) in [5, 5.41) is 3.08. The van der Waals surface area contributed by atoms with E-state index in [2.05, 4.69) is 11.4 Å². The predicted octanol–water partition coefficient (Wildman–Crippen LogP) is 3.05. The molecule has 1 saturated carbocycles. The fourth-order valence-corrected chi connectivity index (χ4v) is 3.62. The van der Waals surface area contributed by atoms with Crippen LogP contribution in [0.5, 0.6) is 0 Å². The third-order valence-electron chi connectivity index (χ3n) is 5.15. The lowest BCUT2D eigenvalue weighted by atomic mass is 9.88. The zero-order valence-corrected chi connectivity index (χ0v) is 14.1. The molecule has 3 rings (SSSR count). The van der Waals surface area contributed by atoms with Crippen molar-refractivity contribution in [2.75, 3.05) is 11.4 Å². The van der Waals surface area contributed by atoms with E-state index in [1.54, 1.807) is 18.7 Å². The van der Waals surface area contributed by atoms with E-state index in [1.807, 2.05) is 18.2 Å². The smallest absolute Gasteiger partial charge is 0.242 e. The van der Waals surface area contributed by atoms with Gasteiger partial charge in [0.05, 0.1) is 0 Å². The Kier molecular flexibility index (Phi) is 4.42. The van der Waals surface area contributed by atoms with E-state index in [1.165, 1.54) is 18.4 Å². The molecule has 0 saturated heterocycles. The molecule has 1 aromatic carbocycles. The Balaban J connectivity index is 1.77.